The summed E-state index contributed by atoms with van der Waals surface area (Å²) in [6.45, 7) is 8.87. The average molecular weight is 203 g/mol. The molecule has 0 aliphatic heterocycles. The third kappa shape index (κ3) is 8.70. The molecule has 0 aliphatic rings. The Morgan fingerprint density at radius 2 is 2.07 bits per heavy atom. The zero-order valence-corrected chi connectivity index (χ0v) is 8.79. The van der Waals surface area contributed by atoms with Crippen molar-refractivity contribution in [2.75, 3.05) is 13.2 Å². The molecule has 0 unspecified atom stereocenters. The number of hydrogen-bond donors (Lipinski definition) is 2. The van der Waals surface area contributed by atoms with Gasteiger partial charge in [0, 0.05) is 0 Å². The maximum absolute atomic E-state index is 11.0. The molecule has 0 bridgehead atoms. The number of amides is 1. The number of hydrogen-bond acceptors (Lipinski definition) is 4. The van der Waals surface area contributed by atoms with Gasteiger partial charge in [0.25, 0.3) is 5.95 Å². The van der Waals surface area contributed by atoms with Gasteiger partial charge in [-0.3, -0.25) is 0 Å². The predicted molar refractivity (Wildman–Crippen MR) is 52.0 cm³/mol. The van der Waals surface area contributed by atoms with Gasteiger partial charge in [-0.15, -0.1) is 0 Å². The molecule has 0 aromatic carbocycles. The molecule has 0 rings (SSSR count). The number of rotatable bonds is 4. The summed E-state index contributed by atoms with van der Waals surface area (Å²) in [6.07, 6.45) is -0.510. The lowest BCUT2D eigenvalue weighted by Gasteiger charge is -2.19. The molecule has 2 N–H and O–H groups in total. The van der Waals surface area contributed by atoms with E-state index < -0.39 is 11.7 Å². The number of ether oxygens (including phenoxy) is 2. The van der Waals surface area contributed by atoms with E-state index >= 15 is 0 Å². The average Bonchev–Trinajstić information content (AvgIpc) is 1.94. The van der Waals surface area contributed by atoms with E-state index in [-0.39, 0.29) is 19.1 Å². The Kier molecular flexibility index (Phi) is 4.83. The molecule has 0 saturated heterocycles. The third-order valence-corrected chi connectivity index (χ3v) is 1.04. The first-order valence-electron chi connectivity index (χ1n) is 4.29. The van der Waals surface area contributed by atoms with Crippen LogP contribution in [0.25, 0.3) is 0 Å². The number of alkyl carbamates (subject to hydrolysis) is 1. The molecular formula is C9H17NO4. The fraction of sp³-hybridized carbons (Fsp3) is 0.667. The molecule has 1 amide bonds. The topological polar surface area (TPSA) is 67.8 Å². The first-order valence-corrected chi connectivity index (χ1v) is 4.29. The SMILES string of the molecule is C=C(O)OCCNC(=O)OC(C)(C)C. The van der Waals surface area contributed by atoms with Gasteiger partial charge in [-0.1, -0.05) is 0 Å². The summed E-state index contributed by atoms with van der Waals surface area (Å²) in [5.74, 6) is -0.365. The van der Waals surface area contributed by atoms with Gasteiger partial charge < -0.3 is 19.9 Å². The Bertz CT molecular complexity index is 207. The van der Waals surface area contributed by atoms with Crippen LogP contribution in [-0.4, -0.2) is 30.0 Å². The lowest BCUT2D eigenvalue weighted by atomic mass is 10.2. The van der Waals surface area contributed by atoms with E-state index in [4.69, 9.17) is 9.84 Å². The van der Waals surface area contributed by atoms with Gasteiger partial charge in [0.2, 0.25) is 0 Å². The minimum Gasteiger partial charge on any atom is -0.481 e. The van der Waals surface area contributed by atoms with Gasteiger partial charge in [0.05, 0.1) is 6.54 Å². The Hall–Kier alpha value is -1.39. The highest BCUT2D eigenvalue weighted by Crippen LogP contribution is 2.05. The van der Waals surface area contributed by atoms with Crippen molar-refractivity contribution in [2.24, 2.45) is 0 Å². The lowest BCUT2D eigenvalue weighted by molar-refractivity contribution is 0.0485. The molecular weight excluding hydrogens is 186 g/mol. The Balaban J connectivity index is 3.50. The van der Waals surface area contributed by atoms with Crippen LogP contribution in [-0.2, 0) is 9.47 Å². The number of aliphatic hydroxyl groups excluding tert-OH is 1. The summed E-state index contributed by atoms with van der Waals surface area (Å²) in [5.41, 5.74) is -0.508. The highest BCUT2D eigenvalue weighted by Gasteiger charge is 2.15. The summed E-state index contributed by atoms with van der Waals surface area (Å²) in [7, 11) is 0. The van der Waals surface area contributed by atoms with Gasteiger partial charge in [-0.25, -0.2) is 4.79 Å². The van der Waals surface area contributed by atoms with Crippen LogP contribution in [0, 0.1) is 0 Å². The van der Waals surface area contributed by atoms with Crippen molar-refractivity contribution in [1.29, 1.82) is 0 Å². The first kappa shape index (κ1) is 12.6. The van der Waals surface area contributed by atoms with E-state index in [9.17, 15) is 4.79 Å². The summed E-state index contributed by atoms with van der Waals surface area (Å²) in [4.78, 5) is 11.0. The van der Waals surface area contributed by atoms with Gasteiger partial charge in [0.15, 0.2) is 0 Å². The van der Waals surface area contributed by atoms with E-state index in [0.29, 0.717) is 0 Å². The van der Waals surface area contributed by atoms with Crippen molar-refractivity contribution >= 4 is 6.09 Å². The molecule has 0 spiro atoms. The van der Waals surface area contributed by atoms with E-state index in [1.165, 1.54) is 0 Å². The molecule has 0 fully saturated rings. The second-order valence-corrected chi connectivity index (χ2v) is 3.67. The molecule has 5 nitrogen and oxygen atoms in total. The molecule has 0 aromatic heterocycles. The molecule has 0 aliphatic carbocycles. The fourth-order valence-corrected chi connectivity index (χ4v) is 0.636. The highest BCUT2D eigenvalue weighted by atomic mass is 16.6. The number of carbonyl (C=O) groups excluding carboxylic acids is 1. The quantitative estimate of drug-likeness (QED) is 0.537. The summed E-state index contributed by atoms with van der Waals surface area (Å²) in [6, 6.07) is 0. The summed E-state index contributed by atoms with van der Waals surface area (Å²) in [5, 5.41) is 11.0. The van der Waals surface area contributed by atoms with Crippen LogP contribution >= 0.6 is 0 Å². The summed E-state index contributed by atoms with van der Waals surface area (Å²) < 4.78 is 9.57. The Morgan fingerprint density at radius 1 is 1.50 bits per heavy atom. The molecule has 0 heterocycles. The molecule has 0 aromatic rings. The van der Waals surface area contributed by atoms with Crippen molar-refractivity contribution in [3.8, 4) is 0 Å². The minimum absolute atomic E-state index is 0.161. The zero-order valence-electron chi connectivity index (χ0n) is 8.79. The van der Waals surface area contributed by atoms with Crippen LogP contribution in [0.3, 0.4) is 0 Å². The molecule has 5 heteroatoms. The molecule has 14 heavy (non-hydrogen) atoms. The van der Waals surface area contributed by atoms with Crippen molar-refractivity contribution in [3.05, 3.63) is 12.5 Å². The number of nitrogens with one attached hydrogen (secondary N) is 1. The minimum atomic E-state index is -0.510. The standard InChI is InChI=1S/C9H17NO4/c1-7(11)13-6-5-10-8(12)14-9(2,3)4/h11H,1,5-6H2,2-4H3,(H,10,12). The molecule has 0 atom stereocenters. The van der Waals surface area contributed by atoms with E-state index in [1.807, 2.05) is 0 Å². The monoisotopic (exact) mass is 203 g/mol. The smallest absolute Gasteiger partial charge is 0.407 e. The first-order chi connectivity index (χ1) is 6.31. The second kappa shape index (κ2) is 5.36. The van der Waals surface area contributed by atoms with Gasteiger partial charge in [-0.2, -0.15) is 0 Å². The zero-order chi connectivity index (χ0) is 11.2. The van der Waals surface area contributed by atoms with Crippen molar-refractivity contribution in [2.45, 2.75) is 26.4 Å². The van der Waals surface area contributed by atoms with Gasteiger partial charge in [0.1, 0.15) is 12.2 Å². The largest absolute Gasteiger partial charge is 0.481 e. The maximum atomic E-state index is 11.0. The molecule has 82 valence electrons. The number of aliphatic hydroxyl groups is 1. The van der Waals surface area contributed by atoms with E-state index in [0.717, 1.165) is 0 Å². The Labute approximate surface area is 83.7 Å². The normalized spacial score (nSPS) is 10.5. The second-order valence-electron chi connectivity index (χ2n) is 3.67. The molecule has 0 radical (unpaired) electrons. The number of carbonyl (C=O) groups is 1. The third-order valence-electron chi connectivity index (χ3n) is 1.04. The maximum Gasteiger partial charge on any atom is 0.407 e. The van der Waals surface area contributed by atoms with Crippen molar-refractivity contribution in [1.82, 2.24) is 5.32 Å². The predicted octanol–water partition coefficient (Wildman–Crippen LogP) is 1.56. The van der Waals surface area contributed by atoms with Crippen LogP contribution < -0.4 is 5.32 Å². The van der Waals surface area contributed by atoms with E-state index in [1.54, 1.807) is 20.8 Å². The van der Waals surface area contributed by atoms with Gasteiger partial charge >= 0.3 is 6.09 Å². The Morgan fingerprint density at radius 3 is 2.50 bits per heavy atom. The highest BCUT2D eigenvalue weighted by molar-refractivity contribution is 5.67. The van der Waals surface area contributed by atoms with Crippen LogP contribution in [0.4, 0.5) is 4.79 Å². The lowest BCUT2D eigenvalue weighted by Crippen LogP contribution is -2.34. The van der Waals surface area contributed by atoms with Crippen LogP contribution in [0.1, 0.15) is 20.8 Å². The van der Waals surface area contributed by atoms with Crippen molar-refractivity contribution in [3.63, 3.8) is 0 Å². The van der Waals surface area contributed by atoms with Crippen LogP contribution in [0.2, 0.25) is 0 Å². The summed E-state index contributed by atoms with van der Waals surface area (Å²) >= 11 is 0. The van der Waals surface area contributed by atoms with Gasteiger partial charge in [-0.05, 0) is 27.4 Å². The van der Waals surface area contributed by atoms with Crippen LogP contribution in [0.5, 0.6) is 0 Å². The fourth-order valence-electron chi connectivity index (χ4n) is 0.636. The van der Waals surface area contributed by atoms with Crippen molar-refractivity contribution < 1.29 is 19.4 Å². The van der Waals surface area contributed by atoms with E-state index in [2.05, 4.69) is 16.6 Å². The van der Waals surface area contributed by atoms with Crippen LogP contribution in [0.15, 0.2) is 12.5 Å². The molecule has 0 saturated carbocycles.